The largest absolute Gasteiger partial charge is 0.497 e. The molecule has 0 unspecified atom stereocenters. The van der Waals surface area contributed by atoms with E-state index < -0.39 is 15.6 Å². The van der Waals surface area contributed by atoms with Crippen molar-refractivity contribution in [3.05, 3.63) is 83.9 Å². The number of benzene rings is 3. The van der Waals surface area contributed by atoms with Crippen LogP contribution in [-0.2, 0) is 20.4 Å². The summed E-state index contributed by atoms with van der Waals surface area (Å²) >= 11 is 0. The molecule has 0 amide bonds. The predicted octanol–water partition coefficient (Wildman–Crippen LogP) is 4.21. The monoisotopic (exact) mass is 449 g/mol. The zero-order valence-corrected chi connectivity index (χ0v) is 18.5. The molecule has 7 heteroatoms. The molecule has 1 fully saturated rings. The van der Waals surface area contributed by atoms with E-state index in [2.05, 4.69) is 0 Å². The maximum atomic E-state index is 13.2. The third-order valence-electron chi connectivity index (χ3n) is 6.37. The molecule has 3 aromatic rings. The Labute approximate surface area is 187 Å². The second-order valence-electron chi connectivity index (χ2n) is 8.09. The summed E-state index contributed by atoms with van der Waals surface area (Å²) in [6.45, 7) is 0.592. The van der Waals surface area contributed by atoms with E-state index in [0.29, 0.717) is 31.5 Å². The highest BCUT2D eigenvalue weighted by Gasteiger charge is 2.48. The van der Waals surface area contributed by atoms with Gasteiger partial charge in [-0.25, -0.2) is 13.2 Å². The van der Waals surface area contributed by atoms with E-state index in [1.54, 1.807) is 25.3 Å². The summed E-state index contributed by atoms with van der Waals surface area (Å²) in [5, 5.41) is 0. The first-order valence-electron chi connectivity index (χ1n) is 10.5. The van der Waals surface area contributed by atoms with Crippen LogP contribution in [-0.4, -0.2) is 38.9 Å². The fourth-order valence-electron chi connectivity index (χ4n) is 4.56. The lowest BCUT2D eigenvalue weighted by Crippen LogP contribution is -2.45. The third kappa shape index (κ3) is 3.38. The van der Waals surface area contributed by atoms with Crippen LogP contribution in [0.25, 0.3) is 11.1 Å². The van der Waals surface area contributed by atoms with Crippen LogP contribution in [0.1, 0.15) is 28.8 Å². The highest BCUT2D eigenvalue weighted by molar-refractivity contribution is 7.89. The zero-order chi connectivity index (χ0) is 22.3. The fourth-order valence-corrected chi connectivity index (χ4v) is 6.00. The third-order valence-corrected chi connectivity index (χ3v) is 8.28. The van der Waals surface area contributed by atoms with E-state index in [1.165, 1.54) is 4.31 Å². The molecule has 0 aromatic heterocycles. The molecule has 6 nitrogen and oxygen atoms in total. The normalized spacial score (nSPS) is 17.7. The number of fused-ring (bicyclic) bond motifs is 2. The highest BCUT2D eigenvalue weighted by Crippen LogP contribution is 2.44. The van der Waals surface area contributed by atoms with Gasteiger partial charge in [0.2, 0.25) is 10.0 Å². The van der Waals surface area contributed by atoms with Crippen molar-refractivity contribution >= 4 is 16.0 Å². The molecule has 2 aliphatic heterocycles. The Morgan fingerprint density at radius 1 is 0.875 bits per heavy atom. The lowest BCUT2D eigenvalue weighted by molar-refractivity contribution is -0.0329. The van der Waals surface area contributed by atoms with Crippen molar-refractivity contribution in [3.63, 3.8) is 0 Å². The first-order chi connectivity index (χ1) is 15.4. The number of hydrogen-bond donors (Lipinski definition) is 0. The molecule has 2 heterocycles. The Morgan fingerprint density at radius 2 is 1.47 bits per heavy atom. The molecule has 2 aliphatic rings. The molecular formula is C25H23NO5S. The summed E-state index contributed by atoms with van der Waals surface area (Å²) in [5.41, 5.74) is 2.64. The van der Waals surface area contributed by atoms with Crippen molar-refractivity contribution in [2.24, 2.45) is 0 Å². The van der Waals surface area contributed by atoms with E-state index in [0.717, 1.165) is 22.4 Å². The maximum absolute atomic E-state index is 13.2. The van der Waals surface area contributed by atoms with Crippen LogP contribution < -0.4 is 4.74 Å². The number of esters is 1. The average Bonchev–Trinajstić information content (AvgIpc) is 3.11. The summed E-state index contributed by atoms with van der Waals surface area (Å²) in [6, 6.07) is 21.9. The number of sulfonamides is 1. The number of carbonyl (C=O) groups is 1. The van der Waals surface area contributed by atoms with E-state index in [9.17, 15) is 13.2 Å². The van der Waals surface area contributed by atoms with Crippen molar-refractivity contribution < 1.29 is 22.7 Å². The van der Waals surface area contributed by atoms with Crippen LogP contribution in [0.4, 0.5) is 0 Å². The van der Waals surface area contributed by atoms with Crippen LogP contribution in [0.5, 0.6) is 5.75 Å². The van der Waals surface area contributed by atoms with Gasteiger partial charge in [0.05, 0.1) is 17.6 Å². The molecule has 3 aromatic carbocycles. The molecule has 164 valence electrons. The minimum absolute atomic E-state index is 0.259. The van der Waals surface area contributed by atoms with Crippen molar-refractivity contribution in [2.75, 3.05) is 20.2 Å². The van der Waals surface area contributed by atoms with Crippen LogP contribution in [0.3, 0.4) is 0 Å². The predicted molar refractivity (Wildman–Crippen MR) is 120 cm³/mol. The summed E-state index contributed by atoms with van der Waals surface area (Å²) in [5.74, 6) is 0.442. The van der Waals surface area contributed by atoms with Gasteiger partial charge >= 0.3 is 5.97 Å². The van der Waals surface area contributed by atoms with Crippen molar-refractivity contribution in [1.82, 2.24) is 4.31 Å². The molecule has 32 heavy (non-hydrogen) atoms. The van der Waals surface area contributed by atoms with Crippen molar-refractivity contribution in [2.45, 2.75) is 23.3 Å². The molecular weight excluding hydrogens is 426 g/mol. The van der Waals surface area contributed by atoms with Crippen LogP contribution in [0.15, 0.2) is 77.7 Å². The van der Waals surface area contributed by atoms with Gasteiger partial charge in [0.25, 0.3) is 0 Å². The number of rotatable bonds is 4. The number of hydrogen-bond acceptors (Lipinski definition) is 5. The first-order valence-corrected chi connectivity index (χ1v) is 11.9. The molecule has 0 aliphatic carbocycles. The number of ether oxygens (including phenoxy) is 2. The number of methoxy groups -OCH3 is 1. The minimum Gasteiger partial charge on any atom is -0.497 e. The molecule has 0 bridgehead atoms. The first kappa shape index (κ1) is 20.7. The SMILES string of the molecule is COc1ccc(-c2ccc(S(=O)(=O)N3CCC4(CC3)OC(=O)c3ccccc34)cc2)cc1. The second kappa shape index (κ2) is 7.76. The van der Waals surface area contributed by atoms with Gasteiger partial charge in [-0.3, -0.25) is 0 Å². The molecule has 1 saturated heterocycles. The summed E-state index contributed by atoms with van der Waals surface area (Å²) < 4.78 is 38.9. The number of piperidine rings is 1. The van der Waals surface area contributed by atoms with E-state index in [1.807, 2.05) is 54.6 Å². The van der Waals surface area contributed by atoms with Crippen molar-refractivity contribution in [1.29, 1.82) is 0 Å². The number of carbonyl (C=O) groups excluding carboxylic acids is 1. The van der Waals surface area contributed by atoms with Crippen molar-refractivity contribution in [3.8, 4) is 16.9 Å². The summed E-state index contributed by atoms with van der Waals surface area (Å²) in [4.78, 5) is 12.5. The van der Waals surface area contributed by atoms with Gasteiger partial charge in [-0.15, -0.1) is 0 Å². The molecule has 1 spiro atoms. The standard InChI is InChI=1S/C25H23NO5S/c1-30-20-10-6-18(7-11-20)19-8-12-21(13-9-19)32(28,29)26-16-14-25(15-17-26)23-5-3-2-4-22(23)24(27)31-25/h2-13H,14-17H2,1H3. The van der Waals surface area contributed by atoms with Gasteiger partial charge in [-0.2, -0.15) is 4.31 Å². The van der Waals surface area contributed by atoms with Gasteiger partial charge in [0, 0.05) is 31.5 Å². The van der Waals surface area contributed by atoms with Crippen LogP contribution in [0.2, 0.25) is 0 Å². The number of nitrogens with zero attached hydrogens (tertiary/aromatic N) is 1. The maximum Gasteiger partial charge on any atom is 0.339 e. The van der Waals surface area contributed by atoms with E-state index >= 15 is 0 Å². The minimum atomic E-state index is -3.64. The van der Waals surface area contributed by atoms with Crippen LogP contribution in [0, 0.1) is 0 Å². The summed E-state index contributed by atoms with van der Waals surface area (Å²) in [6.07, 6.45) is 0.887. The lowest BCUT2D eigenvalue weighted by Gasteiger charge is -2.37. The lowest BCUT2D eigenvalue weighted by atomic mass is 9.84. The molecule has 0 radical (unpaired) electrons. The molecule has 0 N–H and O–H groups in total. The smallest absolute Gasteiger partial charge is 0.339 e. The topological polar surface area (TPSA) is 72.9 Å². The van der Waals surface area contributed by atoms with Gasteiger partial charge in [-0.05, 0) is 41.5 Å². The second-order valence-corrected chi connectivity index (χ2v) is 10.0. The quantitative estimate of drug-likeness (QED) is 0.558. The molecule has 0 atom stereocenters. The Kier molecular flexibility index (Phi) is 5.03. The molecule has 0 saturated carbocycles. The Morgan fingerprint density at radius 3 is 2.09 bits per heavy atom. The fraction of sp³-hybridized carbons (Fsp3) is 0.240. The van der Waals surface area contributed by atoms with E-state index in [4.69, 9.17) is 9.47 Å². The Bertz CT molecular complexity index is 1260. The molecule has 5 rings (SSSR count). The highest BCUT2D eigenvalue weighted by atomic mass is 32.2. The Hall–Kier alpha value is -3.16. The Balaban J connectivity index is 1.33. The van der Waals surface area contributed by atoms with Gasteiger partial charge < -0.3 is 9.47 Å². The van der Waals surface area contributed by atoms with Gasteiger partial charge in [0.15, 0.2) is 0 Å². The van der Waals surface area contributed by atoms with Crippen LogP contribution >= 0.6 is 0 Å². The summed E-state index contributed by atoms with van der Waals surface area (Å²) in [7, 11) is -2.02. The van der Waals surface area contributed by atoms with Gasteiger partial charge in [0.1, 0.15) is 11.4 Å². The average molecular weight is 450 g/mol. The van der Waals surface area contributed by atoms with Gasteiger partial charge in [-0.1, -0.05) is 42.5 Å². The zero-order valence-electron chi connectivity index (χ0n) is 17.7. The van der Waals surface area contributed by atoms with E-state index in [-0.39, 0.29) is 10.9 Å².